The molecule has 0 spiro atoms. The van der Waals surface area contributed by atoms with Gasteiger partial charge in [0.15, 0.2) is 23.4 Å². The Morgan fingerprint density at radius 1 is 0.735 bits per heavy atom. The summed E-state index contributed by atoms with van der Waals surface area (Å²) in [7, 11) is 0. The third kappa shape index (κ3) is 4.89. The van der Waals surface area contributed by atoms with Crippen molar-refractivity contribution in [2.24, 2.45) is 0 Å². The zero-order chi connectivity index (χ0) is 23.8. The van der Waals surface area contributed by atoms with Crippen molar-refractivity contribution in [3.8, 4) is 23.7 Å². The third-order valence-electron chi connectivity index (χ3n) is 5.83. The van der Waals surface area contributed by atoms with Crippen LogP contribution >= 0.6 is 0 Å². The molecule has 5 nitrogen and oxygen atoms in total. The van der Waals surface area contributed by atoms with Crippen LogP contribution in [-0.2, 0) is 23.7 Å². The minimum atomic E-state index is -0.761. The minimum Gasteiger partial charge on any atom is -0.484 e. The summed E-state index contributed by atoms with van der Waals surface area (Å²) < 4.78 is 30.9. The van der Waals surface area contributed by atoms with Gasteiger partial charge in [0.2, 0.25) is 0 Å². The molecule has 0 radical (unpaired) electrons. The van der Waals surface area contributed by atoms with E-state index in [0.29, 0.717) is 17.9 Å². The lowest BCUT2D eigenvalue weighted by atomic mass is 10.0. The summed E-state index contributed by atoms with van der Waals surface area (Å²) in [6.45, 7) is 8.02. The standard InChI is InChI=1S/C29H28O5/c1-28(2)30-19-23(32-28)25-27-26(33-29(3,4)34-27)24(31-25)22(17-15-20-11-7-5-8-12-20)18-16-21-13-9-6-10-14-21/h5-14,23,25-27H,19H2,1-4H3/t23-,25-,26-,27+/m1/s1. The molecule has 0 N–H and O–H groups in total. The van der Waals surface area contributed by atoms with Crippen molar-refractivity contribution in [3.05, 3.63) is 83.1 Å². The second kappa shape index (κ2) is 8.95. The van der Waals surface area contributed by atoms with Crippen molar-refractivity contribution >= 4 is 0 Å². The Labute approximate surface area is 201 Å². The van der Waals surface area contributed by atoms with E-state index in [9.17, 15) is 0 Å². The highest BCUT2D eigenvalue weighted by atomic mass is 16.8. The van der Waals surface area contributed by atoms with Gasteiger partial charge >= 0.3 is 0 Å². The molecule has 0 aromatic heterocycles. The number of ether oxygens (including phenoxy) is 5. The van der Waals surface area contributed by atoms with Crippen LogP contribution in [0.25, 0.3) is 0 Å². The molecule has 0 amide bonds. The Hall–Kier alpha value is -3.06. The summed E-state index contributed by atoms with van der Waals surface area (Å²) in [6, 6.07) is 19.6. The van der Waals surface area contributed by atoms with Crippen molar-refractivity contribution in [1.82, 2.24) is 0 Å². The summed E-state index contributed by atoms with van der Waals surface area (Å²) in [5, 5.41) is 0. The van der Waals surface area contributed by atoms with E-state index >= 15 is 0 Å². The number of allylic oxidation sites excluding steroid dienone is 1. The van der Waals surface area contributed by atoms with Crippen LogP contribution in [0.2, 0.25) is 0 Å². The van der Waals surface area contributed by atoms with Gasteiger partial charge in [0.05, 0.1) is 6.61 Å². The molecule has 3 saturated heterocycles. The first-order valence-electron chi connectivity index (χ1n) is 11.5. The molecule has 3 heterocycles. The van der Waals surface area contributed by atoms with Crippen LogP contribution in [0.4, 0.5) is 0 Å². The van der Waals surface area contributed by atoms with E-state index in [0.717, 1.165) is 11.1 Å². The van der Waals surface area contributed by atoms with Gasteiger partial charge in [0.1, 0.15) is 23.9 Å². The largest absolute Gasteiger partial charge is 0.484 e. The van der Waals surface area contributed by atoms with E-state index in [4.69, 9.17) is 23.7 Å². The maximum Gasteiger partial charge on any atom is 0.164 e. The van der Waals surface area contributed by atoms with Gasteiger partial charge in [-0.05, 0) is 63.8 Å². The number of hydrogen-bond donors (Lipinski definition) is 0. The summed E-state index contributed by atoms with van der Waals surface area (Å²) in [5.74, 6) is 12.1. The zero-order valence-electron chi connectivity index (χ0n) is 19.8. The molecule has 5 heteroatoms. The van der Waals surface area contributed by atoms with Crippen LogP contribution in [0.15, 0.2) is 72.0 Å². The van der Waals surface area contributed by atoms with E-state index in [-0.39, 0.29) is 12.2 Å². The quantitative estimate of drug-likeness (QED) is 0.595. The van der Waals surface area contributed by atoms with Crippen LogP contribution in [0.5, 0.6) is 0 Å². The lowest BCUT2D eigenvalue weighted by Gasteiger charge is -2.26. The second-order valence-electron chi connectivity index (χ2n) is 9.44. The normalized spacial score (nSPS) is 28.2. The van der Waals surface area contributed by atoms with Gasteiger partial charge in [-0.3, -0.25) is 0 Å². The third-order valence-corrected chi connectivity index (χ3v) is 5.83. The molecule has 2 aromatic rings. The van der Waals surface area contributed by atoms with Crippen LogP contribution < -0.4 is 0 Å². The Morgan fingerprint density at radius 2 is 1.32 bits per heavy atom. The molecular formula is C29H28O5. The molecule has 3 fully saturated rings. The Bertz CT molecular complexity index is 1130. The van der Waals surface area contributed by atoms with Gasteiger partial charge in [-0.1, -0.05) is 48.2 Å². The molecule has 0 saturated carbocycles. The molecule has 3 aliphatic heterocycles. The van der Waals surface area contributed by atoms with Crippen molar-refractivity contribution < 1.29 is 23.7 Å². The van der Waals surface area contributed by atoms with Crippen LogP contribution in [-0.4, -0.2) is 42.6 Å². The van der Waals surface area contributed by atoms with Crippen molar-refractivity contribution in [2.45, 2.75) is 63.7 Å². The summed E-state index contributed by atoms with van der Waals surface area (Å²) in [5.41, 5.74) is 2.36. The molecule has 2 aromatic carbocycles. The van der Waals surface area contributed by atoms with Crippen LogP contribution in [0.1, 0.15) is 38.8 Å². The topological polar surface area (TPSA) is 46.2 Å². The fourth-order valence-electron chi connectivity index (χ4n) is 4.35. The second-order valence-corrected chi connectivity index (χ2v) is 9.44. The maximum atomic E-state index is 6.46. The van der Waals surface area contributed by atoms with Crippen molar-refractivity contribution in [3.63, 3.8) is 0 Å². The van der Waals surface area contributed by atoms with Crippen LogP contribution in [0.3, 0.4) is 0 Å². The Kier molecular flexibility index (Phi) is 5.98. The molecule has 3 aliphatic rings. The maximum absolute atomic E-state index is 6.46. The van der Waals surface area contributed by atoms with E-state index in [2.05, 4.69) is 23.7 Å². The molecule has 34 heavy (non-hydrogen) atoms. The van der Waals surface area contributed by atoms with Gasteiger partial charge in [-0.2, -0.15) is 0 Å². The van der Waals surface area contributed by atoms with E-state index in [1.54, 1.807) is 0 Å². The molecule has 0 bridgehead atoms. The smallest absolute Gasteiger partial charge is 0.164 e. The zero-order valence-corrected chi connectivity index (χ0v) is 19.8. The van der Waals surface area contributed by atoms with E-state index < -0.39 is 23.8 Å². The SMILES string of the molecule is CC1(C)O[C@H]2[C@@H]([C@H]3COC(C)(C)O3)OC(=C(C#Cc3ccccc3)C#Cc3ccccc3)[C@H]2O1. The summed E-state index contributed by atoms with van der Waals surface area (Å²) in [4.78, 5) is 0. The molecule has 0 aliphatic carbocycles. The monoisotopic (exact) mass is 456 g/mol. The highest BCUT2D eigenvalue weighted by Crippen LogP contribution is 2.44. The average Bonchev–Trinajstić information content (AvgIpc) is 3.45. The van der Waals surface area contributed by atoms with Gasteiger partial charge in [0, 0.05) is 11.1 Å². The highest BCUT2D eigenvalue weighted by molar-refractivity contribution is 5.54. The van der Waals surface area contributed by atoms with Crippen molar-refractivity contribution in [2.75, 3.05) is 6.61 Å². The predicted octanol–water partition coefficient (Wildman–Crippen LogP) is 4.41. The molecule has 5 rings (SSSR count). The van der Waals surface area contributed by atoms with E-state index in [1.807, 2.05) is 88.4 Å². The fourth-order valence-corrected chi connectivity index (χ4v) is 4.35. The Balaban J connectivity index is 1.56. The fraction of sp³-hybridized carbons (Fsp3) is 0.379. The van der Waals surface area contributed by atoms with Crippen molar-refractivity contribution in [1.29, 1.82) is 0 Å². The molecule has 174 valence electrons. The highest BCUT2D eigenvalue weighted by Gasteiger charge is 2.58. The minimum absolute atomic E-state index is 0.289. The van der Waals surface area contributed by atoms with E-state index in [1.165, 1.54) is 0 Å². The lowest BCUT2D eigenvalue weighted by molar-refractivity contribution is -0.187. The first-order valence-corrected chi connectivity index (χ1v) is 11.5. The predicted molar refractivity (Wildman–Crippen MR) is 127 cm³/mol. The number of benzene rings is 2. The van der Waals surface area contributed by atoms with Gasteiger partial charge in [0.25, 0.3) is 0 Å². The van der Waals surface area contributed by atoms with Gasteiger partial charge in [-0.15, -0.1) is 0 Å². The van der Waals surface area contributed by atoms with Gasteiger partial charge < -0.3 is 23.7 Å². The molecule has 0 unspecified atom stereocenters. The van der Waals surface area contributed by atoms with Gasteiger partial charge in [-0.25, -0.2) is 0 Å². The number of hydrogen-bond acceptors (Lipinski definition) is 5. The summed E-state index contributed by atoms with van der Waals surface area (Å²) in [6.07, 6.45) is -1.46. The Morgan fingerprint density at radius 3 is 1.85 bits per heavy atom. The average molecular weight is 457 g/mol. The first-order chi connectivity index (χ1) is 16.3. The molecular weight excluding hydrogens is 428 g/mol. The molecule has 4 atom stereocenters. The number of fused-ring (bicyclic) bond motifs is 1. The summed E-state index contributed by atoms with van der Waals surface area (Å²) >= 11 is 0. The lowest BCUT2D eigenvalue weighted by Crippen LogP contribution is -2.40. The number of rotatable bonds is 1. The van der Waals surface area contributed by atoms with Crippen LogP contribution in [0, 0.1) is 23.7 Å². The first kappa shape index (κ1) is 22.7.